The van der Waals surface area contributed by atoms with Crippen LogP contribution in [0, 0.1) is 11.3 Å². The molecule has 1 aromatic heterocycles. The lowest BCUT2D eigenvalue weighted by Crippen LogP contribution is -2.70. The van der Waals surface area contributed by atoms with Gasteiger partial charge in [0.2, 0.25) is 0 Å². The van der Waals surface area contributed by atoms with Crippen LogP contribution in [0.5, 0.6) is 0 Å². The molecule has 23 heavy (non-hydrogen) atoms. The van der Waals surface area contributed by atoms with Crippen molar-refractivity contribution in [2.24, 2.45) is 11.3 Å². The zero-order chi connectivity index (χ0) is 16.0. The number of nitrogens with one attached hydrogen (secondary N) is 1. The Morgan fingerprint density at radius 3 is 2.83 bits per heavy atom. The summed E-state index contributed by atoms with van der Waals surface area (Å²) in [5.41, 5.74) is 0.321. The van der Waals surface area contributed by atoms with Crippen LogP contribution in [0.15, 0.2) is 10.8 Å². The van der Waals surface area contributed by atoms with Crippen molar-refractivity contribution >= 4 is 5.91 Å². The lowest BCUT2D eigenvalue weighted by atomic mass is 9.55. The van der Waals surface area contributed by atoms with E-state index >= 15 is 0 Å². The molecule has 0 spiro atoms. The van der Waals surface area contributed by atoms with Crippen LogP contribution in [0.2, 0.25) is 0 Å². The molecule has 126 valence electrons. The van der Waals surface area contributed by atoms with Crippen LogP contribution in [0.4, 0.5) is 0 Å². The molecule has 0 radical (unpaired) electrons. The Balaban J connectivity index is 1.49. The van der Waals surface area contributed by atoms with E-state index in [4.69, 9.17) is 13.9 Å². The number of hydrogen-bond donors (Lipinski definition) is 1. The van der Waals surface area contributed by atoms with Gasteiger partial charge in [0.05, 0.1) is 6.10 Å². The van der Waals surface area contributed by atoms with E-state index < -0.39 is 0 Å². The molecule has 0 aromatic carbocycles. The maximum Gasteiger partial charge on any atom is 0.273 e. The van der Waals surface area contributed by atoms with Gasteiger partial charge in [-0.15, -0.1) is 0 Å². The Morgan fingerprint density at radius 2 is 2.04 bits per heavy atom. The highest BCUT2D eigenvalue weighted by Crippen LogP contribution is 2.51. The van der Waals surface area contributed by atoms with Gasteiger partial charge in [-0.2, -0.15) is 0 Å². The number of carbonyl (C=O) groups is 1. The van der Waals surface area contributed by atoms with Crippen LogP contribution in [-0.2, 0) is 9.47 Å². The summed E-state index contributed by atoms with van der Waals surface area (Å²) in [7, 11) is 0. The molecule has 3 heterocycles. The van der Waals surface area contributed by atoms with Gasteiger partial charge in [0.15, 0.2) is 17.8 Å². The largest absolute Gasteiger partial charge is 0.445 e. The molecule has 0 unspecified atom stereocenters. The first-order valence-electron chi connectivity index (χ1n) is 8.56. The lowest BCUT2D eigenvalue weighted by Gasteiger charge is -2.59. The third-order valence-electron chi connectivity index (χ3n) is 5.65. The molecular weight excluding hydrogens is 296 g/mol. The van der Waals surface area contributed by atoms with Crippen molar-refractivity contribution in [3.63, 3.8) is 0 Å². The summed E-state index contributed by atoms with van der Waals surface area (Å²) in [6, 6.07) is 0.120. The lowest BCUT2D eigenvalue weighted by molar-refractivity contribution is -0.189. The summed E-state index contributed by atoms with van der Waals surface area (Å²) in [5, 5.41) is 3.18. The van der Waals surface area contributed by atoms with Gasteiger partial charge in [-0.05, 0) is 25.7 Å². The highest BCUT2D eigenvalue weighted by atomic mass is 16.5. The van der Waals surface area contributed by atoms with Gasteiger partial charge in [0.1, 0.15) is 6.10 Å². The van der Waals surface area contributed by atoms with E-state index in [1.54, 1.807) is 0 Å². The quantitative estimate of drug-likeness (QED) is 0.926. The molecule has 3 aliphatic rings. The van der Waals surface area contributed by atoms with Crippen molar-refractivity contribution < 1.29 is 18.7 Å². The molecule has 3 fully saturated rings. The summed E-state index contributed by atoms with van der Waals surface area (Å²) in [6.45, 7) is 5.86. The Labute approximate surface area is 135 Å². The topological polar surface area (TPSA) is 73.6 Å². The fourth-order valence-electron chi connectivity index (χ4n) is 4.46. The molecule has 6 heteroatoms. The van der Waals surface area contributed by atoms with Crippen molar-refractivity contribution in [1.82, 2.24) is 10.3 Å². The number of rotatable bonds is 3. The fourth-order valence-corrected chi connectivity index (χ4v) is 4.46. The fraction of sp³-hybridized carbons (Fsp3) is 0.765. The third-order valence-corrected chi connectivity index (χ3v) is 5.65. The van der Waals surface area contributed by atoms with Crippen LogP contribution >= 0.6 is 0 Å². The predicted octanol–water partition coefficient (Wildman–Crippen LogP) is 2.46. The number of amides is 1. The third kappa shape index (κ3) is 2.39. The van der Waals surface area contributed by atoms with Crippen LogP contribution in [0.25, 0.3) is 0 Å². The molecule has 1 amide bonds. The molecule has 1 aliphatic carbocycles. The molecule has 6 nitrogen and oxygen atoms in total. The SMILES string of the molecule is CC1(C)[C@H](NC(=O)c2ncoc2[C@@H]2CCCO2)[C@@H]2CCCO[C@H]21. The van der Waals surface area contributed by atoms with E-state index in [0.717, 1.165) is 32.3 Å². The first kappa shape index (κ1) is 15.1. The van der Waals surface area contributed by atoms with E-state index in [1.165, 1.54) is 6.39 Å². The normalized spacial score (nSPS) is 35.4. The molecule has 1 saturated carbocycles. The van der Waals surface area contributed by atoms with Gasteiger partial charge >= 0.3 is 0 Å². The number of ether oxygens (including phenoxy) is 2. The Morgan fingerprint density at radius 1 is 1.26 bits per heavy atom. The Bertz CT molecular complexity index is 591. The highest BCUT2D eigenvalue weighted by molar-refractivity contribution is 5.93. The molecule has 4 rings (SSSR count). The second kappa shape index (κ2) is 5.60. The number of carbonyl (C=O) groups excluding carboxylic acids is 1. The maximum atomic E-state index is 12.7. The molecule has 0 bridgehead atoms. The van der Waals surface area contributed by atoms with E-state index in [9.17, 15) is 4.79 Å². The van der Waals surface area contributed by atoms with E-state index in [1.807, 2.05) is 0 Å². The van der Waals surface area contributed by atoms with Gasteiger partial charge < -0.3 is 19.2 Å². The monoisotopic (exact) mass is 320 g/mol. The van der Waals surface area contributed by atoms with Crippen LogP contribution < -0.4 is 5.32 Å². The summed E-state index contributed by atoms with van der Waals surface area (Å²) in [5.74, 6) is 0.806. The van der Waals surface area contributed by atoms with Crippen molar-refractivity contribution in [2.45, 2.75) is 57.8 Å². The van der Waals surface area contributed by atoms with E-state index in [2.05, 4.69) is 24.1 Å². The predicted molar refractivity (Wildman–Crippen MR) is 81.9 cm³/mol. The number of oxazole rings is 1. The van der Waals surface area contributed by atoms with Crippen molar-refractivity contribution in [3.8, 4) is 0 Å². The molecule has 1 aromatic rings. The van der Waals surface area contributed by atoms with Gasteiger partial charge in [-0.1, -0.05) is 13.8 Å². The van der Waals surface area contributed by atoms with Crippen LogP contribution in [0.3, 0.4) is 0 Å². The number of hydrogen-bond acceptors (Lipinski definition) is 5. The number of fused-ring (bicyclic) bond motifs is 1. The summed E-state index contributed by atoms with van der Waals surface area (Å²) in [4.78, 5) is 16.9. The first-order chi connectivity index (χ1) is 11.1. The second-order valence-corrected chi connectivity index (χ2v) is 7.44. The summed E-state index contributed by atoms with van der Waals surface area (Å²) in [6.07, 6.45) is 5.48. The van der Waals surface area contributed by atoms with E-state index in [0.29, 0.717) is 24.0 Å². The molecule has 4 atom stereocenters. The second-order valence-electron chi connectivity index (χ2n) is 7.44. The zero-order valence-electron chi connectivity index (χ0n) is 13.7. The van der Waals surface area contributed by atoms with Gasteiger partial charge in [0.25, 0.3) is 5.91 Å². The van der Waals surface area contributed by atoms with Crippen molar-refractivity contribution in [2.75, 3.05) is 13.2 Å². The number of aromatic nitrogens is 1. The Kier molecular flexibility index (Phi) is 3.69. The van der Waals surface area contributed by atoms with Crippen LogP contribution in [-0.4, -0.2) is 36.3 Å². The smallest absolute Gasteiger partial charge is 0.273 e. The minimum atomic E-state index is -0.161. The van der Waals surface area contributed by atoms with E-state index in [-0.39, 0.29) is 29.6 Å². The van der Waals surface area contributed by atoms with Crippen LogP contribution in [0.1, 0.15) is 61.9 Å². The summed E-state index contributed by atoms with van der Waals surface area (Å²) < 4.78 is 17.0. The minimum Gasteiger partial charge on any atom is -0.445 e. The molecule has 1 N–H and O–H groups in total. The average molecular weight is 320 g/mol. The molecular formula is C17H24N2O4. The van der Waals surface area contributed by atoms with Crippen molar-refractivity contribution in [1.29, 1.82) is 0 Å². The van der Waals surface area contributed by atoms with Gasteiger partial charge in [-0.3, -0.25) is 4.79 Å². The zero-order valence-corrected chi connectivity index (χ0v) is 13.7. The van der Waals surface area contributed by atoms with Gasteiger partial charge in [-0.25, -0.2) is 4.98 Å². The van der Waals surface area contributed by atoms with Gasteiger partial charge in [0, 0.05) is 30.6 Å². The maximum absolute atomic E-state index is 12.7. The molecule has 2 aliphatic heterocycles. The standard InChI is InChI=1S/C17H24N2O4/c1-17(2)14(10-5-3-8-22-15(10)17)19-16(20)12-13(23-9-18-12)11-6-4-7-21-11/h9-11,14-15H,3-8H2,1-2H3,(H,19,20)/t10-,11-,14+,15+/m0/s1. The summed E-state index contributed by atoms with van der Waals surface area (Å²) >= 11 is 0. The Hall–Kier alpha value is -1.40. The molecule has 2 saturated heterocycles. The number of nitrogens with zero attached hydrogens (tertiary/aromatic N) is 1. The highest BCUT2D eigenvalue weighted by Gasteiger charge is 2.58. The minimum absolute atomic E-state index is 0.0471. The average Bonchev–Trinajstić information content (AvgIpc) is 3.22. The van der Waals surface area contributed by atoms with Crippen molar-refractivity contribution in [3.05, 3.63) is 17.8 Å². The first-order valence-corrected chi connectivity index (χ1v) is 8.56.